The third kappa shape index (κ3) is 4.12. The highest BCUT2D eigenvalue weighted by Crippen LogP contribution is 2.36. The van der Waals surface area contributed by atoms with Gasteiger partial charge in [-0.25, -0.2) is 4.79 Å². The maximum atomic E-state index is 11.7. The van der Waals surface area contributed by atoms with Crippen molar-refractivity contribution >= 4 is 35.2 Å². The maximum Gasteiger partial charge on any atom is 0.336 e. The monoisotopic (exact) mass is 387 g/mol. The number of thiophene rings is 1. The molecule has 26 heavy (non-hydrogen) atoms. The molecule has 1 aliphatic heterocycles. The van der Waals surface area contributed by atoms with Gasteiger partial charge in [0.1, 0.15) is 6.29 Å². The van der Waals surface area contributed by atoms with Gasteiger partial charge in [0, 0.05) is 29.1 Å². The number of carbonyl (C=O) groups excluding carboxylic acids is 2. The van der Waals surface area contributed by atoms with Gasteiger partial charge in [0.05, 0.1) is 6.04 Å². The highest BCUT2D eigenvalue weighted by Gasteiger charge is 2.27. The zero-order chi connectivity index (χ0) is 18.5. The van der Waals surface area contributed by atoms with Crippen molar-refractivity contribution in [1.82, 2.24) is 4.90 Å². The number of benzene rings is 1. The first-order valence-corrected chi connectivity index (χ1v) is 9.38. The summed E-state index contributed by atoms with van der Waals surface area (Å²) in [5.74, 6) is -0.429. The summed E-state index contributed by atoms with van der Waals surface area (Å²) in [5.41, 5.74) is 1.89. The van der Waals surface area contributed by atoms with Crippen LogP contribution in [0.4, 0.5) is 0 Å². The number of ether oxygens (including phenoxy) is 1. The van der Waals surface area contributed by atoms with E-state index in [1.807, 2.05) is 24.3 Å². The molecule has 0 N–H and O–H groups in total. The molecule has 0 bridgehead atoms. The zero-order valence-corrected chi connectivity index (χ0v) is 15.6. The molecular formula is C20H18ClNO3S. The summed E-state index contributed by atoms with van der Waals surface area (Å²) in [5, 5.41) is 1.15. The summed E-state index contributed by atoms with van der Waals surface area (Å²) < 4.78 is 5.33. The van der Waals surface area contributed by atoms with Crippen molar-refractivity contribution in [2.24, 2.45) is 0 Å². The van der Waals surface area contributed by atoms with Crippen molar-refractivity contribution in [3.63, 3.8) is 0 Å². The lowest BCUT2D eigenvalue weighted by atomic mass is 10.0. The van der Waals surface area contributed by atoms with Crippen LogP contribution < -0.4 is 4.74 Å². The van der Waals surface area contributed by atoms with Crippen LogP contribution in [0.5, 0.6) is 5.06 Å². The highest BCUT2D eigenvalue weighted by atomic mass is 35.5. The normalized spacial score (nSPS) is 15.4. The standard InChI is InChI=1S/C20H18ClNO3S/c1-2-3-8-19(24)25-20-11-14-12-22(10-9-18(14)26-20)17(13-23)15-6-4-5-7-16(15)21/h2-8,11,13,17H,1,9-10,12H2/b8-3+. The Morgan fingerprint density at radius 3 is 2.92 bits per heavy atom. The summed E-state index contributed by atoms with van der Waals surface area (Å²) >= 11 is 7.74. The summed E-state index contributed by atoms with van der Waals surface area (Å²) in [6, 6.07) is 8.89. The van der Waals surface area contributed by atoms with E-state index < -0.39 is 12.0 Å². The number of hydrogen-bond acceptors (Lipinski definition) is 5. The number of esters is 1. The fraction of sp³-hybridized carbons (Fsp3) is 0.200. The van der Waals surface area contributed by atoms with Gasteiger partial charge in [-0.05, 0) is 29.7 Å². The van der Waals surface area contributed by atoms with Crippen molar-refractivity contribution in [2.45, 2.75) is 19.0 Å². The molecule has 0 spiro atoms. The van der Waals surface area contributed by atoms with E-state index in [0.717, 1.165) is 30.4 Å². The minimum Gasteiger partial charge on any atom is -0.412 e. The van der Waals surface area contributed by atoms with Crippen LogP contribution in [0, 0.1) is 0 Å². The number of allylic oxidation sites excluding steroid dienone is 2. The van der Waals surface area contributed by atoms with Crippen LogP contribution in [-0.4, -0.2) is 23.7 Å². The first-order chi connectivity index (χ1) is 12.6. The molecule has 0 saturated carbocycles. The van der Waals surface area contributed by atoms with Crippen molar-refractivity contribution in [1.29, 1.82) is 0 Å². The van der Waals surface area contributed by atoms with E-state index in [4.69, 9.17) is 16.3 Å². The van der Waals surface area contributed by atoms with Crippen molar-refractivity contribution < 1.29 is 14.3 Å². The zero-order valence-electron chi connectivity index (χ0n) is 14.1. The van der Waals surface area contributed by atoms with Crippen molar-refractivity contribution in [3.8, 4) is 5.06 Å². The predicted octanol–water partition coefficient (Wildman–Crippen LogP) is 4.35. The smallest absolute Gasteiger partial charge is 0.336 e. The fourth-order valence-electron chi connectivity index (χ4n) is 2.97. The Balaban J connectivity index is 1.76. The van der Waals surface area contributed by atoms with Gasteiger partial charge in [-0.2, -0.15) is 0 Å². The lowest BCUT2D eigenvalue weighted by Gasteiger charge is -2.31. The Bertz CT molecular complexity index is 858. The first kappa shape index (κ1) is 18.6. The Morgan fingerprint density at radius 1 is 1.38 bits per heavy atom. The molecular weight excluding hydrogens is 370 g/mol. The second-order valence-electron chi connectivity index (χ2n) is 5.85. The lowest BCUT2D eigenvalue weighted by molar-refractivity contribution is -0.128. The SMILES string of the molecule is C=C/C=C/C(=O)Oc1cc2c(s1)CCN(C(C=O)c1ccccc1Cl)C2. The summed E-state index contributed by atoms with van der Waals surface area (Å²) in [7, 11) is 0. The molecule has 4 nitrogen and oxygen atoms in total. The number of aldehydes is 1. The molecule has 1 aromatic carbocycles. The largest absolute Gasteiger partial charge is 0.412 e. The minimum absolute atomic E-state index is 0.390. The van der Waals surface area contributed by atoms with Crippen LogP contribution in [0.2, 0.25) is 5.02 Å². The van der Waals surface area contributed by atoms with Gasteiger partial charge in [0.25, 0.3) is 0 Å². The van der Waals surface area contributed by atoms with E-state index in [1.165, 1.54) is 34.4 Å². The molecule has 0 amide bonds. The van der Waals surface area contributed by atoms with E-state index in [1.54, 1.807) is 6.07 Å². The second kappa shape index (κ2) is 8.45. The number of fused-ring (bicyclic) bond motifs is 1. The van der Waals surface area contributed by atoms with Crippen molar-refractivity contribution in [2.75, 3.05) is 6.54 Å². The van der Waals surface area contributed by atoms with Gasteiger partial charge in [-0.1, -0.05) is 48.5 Å². The minimum atomic E-state index is -0.429. The Labute approximate surface area is 161 Å². The topological polar surface area (TPSA) is 46.6 Å². The lowest BCUT2D eigenvalue weighted by Crippen LogP contribution is -2.34. The predicted molar refractivity (Wildman–Crippen MR) is 104 cm³/mol. The highest BCUT2D eigenvalue weighted by molar-refractivity contribution is 7.14. The van der Waals surface area contributed by atoms with Gasteiger partial charge < -0.3 is 9.53 Å². The number of carbonyl (C=O) groups is 2. The van der Waals surface area contributed by atoms with Crippen LogP contribution in [0.3, 0.4) is 0 Å². The molecule has 2 aromatic rings. The number of hydrogen-bond donors (Lipinski definition) is 0. The second-order valence-corrected chi connectivity index (χ2v) is 7.36. The average molecular weight is 388 g/mol. The van der Waals surface area contributed by atoms with E-state index in [2.05, 4.69) is 11.5 Å². The van der Waals surface area contributed by atoms with Gasteiger partial charge in [0.2, 0.25) is 0 Å². The number of halogens is 1. The van der Waals surface area contributed by atoms with Gasteiger partial charge in [-0.15, -0.1) is 11.3 Å². The van der Waals surface area contributed by atoms with Crippen molar-refractivity contribution in [3.05, 3.63) is 76.2 Å². The summed E-state index contributed by atoms with van der Waals surface area (Å²) in [6.45, 7) is 4.87. The molecule has 2 heterocycles. The van der Waals surface area contributed by atoms with Gasteiger partial charge in [0.15, 0.2) is 5.06 Å². The molecule has 1 unspecified atom stereocenters. The van der Waals surface area contributed by atoms with E-state index >= 15 is 0 Å². The molecule has 0 radical (unpaired) electrons. The quantitative estimate of drug-likeness (QED) is 0.320. The van der Waals surface area contributed by atoms with Crippen LogP contribution in [0.1, 0.15) is 22.0 Å². The molecule has 1 aliphatic rings. The maximum absolute atomic E-state index is 11.7. The Kier molecular flexibility index (Phi) is 6.04. The van der Waals surface area contributed by atoms with E-state index in [0.29, 0.717) is 16.6 Å². The molecule has 0 fully saturated rings. The average Bonchev–Trinajstić information content (AvgIpc) is 3.03. The summed E-state index contributed by atoms with van der Waals surface area (Å²) in [4.78, 5) is 26.7. The molecule has 134 valence electrons. The van der Waals surface area contributed by atoms with Gasteiger partial charge in [-0.3, -0.25) is 4.90 Å². The van der Waals surface area contributed by atoms with Crippen LogP contribution >= 0.6 is 22.9 Å². The Hall–Kier alpha value is -2.21. The van der Waals surface area contributed by atoms with E-state index in [9.17, 15) is 9.59 Å². The molecule has 3 rings (SSSR count). The van der Waals surface area contributed by atoms with Crippen LogP contribution in [0.25, 0.3) is 0 Å². The summed E-state index contributed by atoms with van der Waals surface area (Å²) in [6.07, 6.45) is 6.12. The third-order valence-electron chi connectivity index (χ3n) is 4.19. The molecule has 1 atom stereocenters. The third-order valence-corrected chi connectivity index (χ3v) is 5.65. The Morgan fingerprint density at radius 2 is 2.19 bits per heavy atom. The molecule has 6 heteroatoms. The first-order valence-electron chi connectivity index (χ1n) is 8.18. The van der Waals surface area contributed by atoms with E-state index in [-0.39, 0.29) is 0 Å². The van der Waals surface area contributed by atoms with Crippen LogP contribution in [0.15, 0.2) is 55.1 Å². The van der Waals surface area contributed by atoms with Crippen LogP contribution in [-0.2, 0) is 22.6 Å². The molecule has 0 saturated heterocycles. The molecule has 1 aromatic heterocycles. The molecule has 0 aliphatic carbocycles. The fourth-order valence-corrected chi connectivity index (χ4v) is 4.23. The van der Waals surface area contributed by atoms with Gasteiger partial charge >= 0.3 is 5.97 Å². The number of nitrogens with zero attached hydrogens (tertiary/aromatic N) is 1. The number of rotatable bonds is 6.